The van der Waals surface area contributed by atoms with E-state index in [-0.39, 0.29) is 18.1 Å². The zero-order valence-corrected chi connectivity index (χ0v) is 15.0. The van der Waals surface area contributed by atoms with Gasteiger partial charge in [0.15, 0.2) is 5.82 Å². The molecule has 25 heavy (non-hydrogen) atoms. The maximum absolute atomic E-state index is 12.4. The molecule has 2 aromatic heterocycles. The Morgan fingerprint density at radius 3 is 3.08 bits per heavy atom. The van der Waals surface area contributed by atoms with Crippen LogP contribution in [-0.2, 0) is 16.1 Å². The quantitative estimate of drug-likeness (QED) is 0.907. The van der Waals surface area contributed by atoms with Gasteiger partial charge >= 0.3 is 0 Å². The molecule has 2 saturated heterocycles. The Morgan fingerprint density at radius 2 is 2.32 bits per heavy atom. The van der Waals surface area contributed by atoms with Crippen molar-refractivity contribution in [2.45, 2.75) is 38.5 Å². The summed E-state index contributed by atoms with van der Waals surface area (Å²) in [7, 11) is 0. The second kappa shape index (κ2) is 7.09. The van der Waals surface area contributed by atoms with Crippen molar-refractivity contribution >= 4 is 23.1 Å². The van der Waals surface area contributed by atoms with E-state index in [0.29, 0.717) is 12.5 Å². The Bertz CT molecular complexity index is 719. The van der Waals surface area contributed by atoms with Gasteiger partial charge in [-0.1, -0.05) is 6.07 Å². The summed E-state index contributed by atoms with van der Waals surface area (Å²) in [5.41, 5.74) is 0.915. The number of anilines is 1. The summed E-state index contributed by atoms with van der Waals surface area (Å²) in [4.78, 5) is 15.8. The van der Waals surface area contributed by atoms with E-state index in [1.165, 1.54) is 0 Å². The Hall–Kier alpha value is -1.99. The summed E-state index contributed by atoms with van der Waals surface area (Å²) in [6.45, 7) is 4.22. The van der Waals surface area contributed by atoms with Gasteiger partial charge in [0, 0.05) is 18.0 Å². The van der Waals surface area contributed by atoms with Crippen molar-refractivity contribution in [2.24, 2.45) is 5.92 Å². The first-order valence-corrected chi connectivity index (χ1v) is 9.58. The summed E-state index contributed by atoms with van der Waals surface area (Å²) in [5, 5.41) is 13.4. The number of amides is 1. The number of hydrogen-bond acceptors (Lipinski definition) is 6. The van der Waals surface area contributed by atoms with Crippen LogP contribution < -0.4 is 10.2 Å². The first-order chi connectivity index (χ1) is 12.2. The van der Waals surface area contributed by atoms with E-state index in [9.17, 15) is 4.79 Å². The van der Waals surface area contributed by atoms with Crippen LogP contribution in [0, 0.1) is 12.8 Å². The molecule has 0 aliphatic carbocycles. The van der Waals surface area contributed by atoms with Crippen LogP contribution in [-0.4, -0.2) is 41.4 Å². The largest absolute Gasteiger partial charge is 0.363 e. The zero-order chi connectivity index (χ0) is 17.2. The third-order valence-electron chi connectivity index (χ3n) is 4.97. The SMILES string of the molecule is Cc1ccc(N2CC[C@H]3C[C@H](C(=O)NCc4cccs4)O[C@@H]3C2)nn1. The third kappa shape index (κ3) is 3.67. The summed E-state index contributed by atoms with van der Waals surface area (Å²) >= 11 is 1.65. The van der Waals surface area contributed by atoms with E-state index in [1.807, 2.05) is 36.6 Å². The molecule has 2 fully saturated rings. The molecule has 0 unspecified atom stereocenters. The van der Waals surface area contributed by atoms with Crippen LogP contribution in [0.25, 0.3) is 0 Å². The van der Waals surface area contributed by atoms with Crippen molar-refractivity contribution in [2.75, 3.05) is 18.0 Å². The van der Waals surface area contributed by atoms with Crippen LogP contribution >= 0.6 is 11.3 Å². The van der Waals surface area contributed by atoms with E-state index in [4.69, 9.17) is 4.74 Å². The van der Waals surface area contributed by atoms with E-state index in [1.54, 1.807) is 11.3 Å². The number of nitrogens with zero attached hydrogens (tertiary/aromatic N) is 3. The van der Waals surface area contributed by atoms with Gasteiger partial charge in [0.2, 0.25) is 5.91 Å². The van der Waals surface area contributed by atoms with Gasteiger partial charge in [0.1, 0.15) is 6.10 Å². The monoisotopic (exact) mass is 358 g/mol. The number of thiophene rings is 1. The number of carbonyl (C=O) groups is 1. The maximum atomic E-state index is 12.4. The Kier molecular flexibility index (Phi) is 4.67. The molecule has 0 aromatic carbocycles. The van der Waals surface area contributed by atoms with E-state index < -0.39 is 0 Å². The fourth-order valence-corrected chi connectivity index (χ4v) is 4.21. The van der Waals surface area contributed by atoms with Gasteiger partial charge in [-0.15, -0.1) is 16.4 Å². The van der Waals surface area contributed by atoms with E-state index >= 15 is 0 Å². The molecule has 6 nitrogen and oxygen atoms in total. The normalized spacial score (nSPS) is 25.6. The van der Waals surface area contributed by atoms with Crippen molar-refractivity contribution < 1.29 is 9.53 Å². The minimum atomic E-state index is -0.334. The summed E-state index contributed by atoms with van der Waals surface area (Å²) in [6, 6.07) is 8.00. The van der Waals surface area contributed by atoms with Crippen molar-refractivity contribution in [3.63, 3.8) is 0 Å². The number of ether oxygens (including phenoxy) is 1. The molecule has 132 valence electrons. The van der Waals surface area contributed by atoms with Gasteiger partial charge in [0.25, 0.3) is 0 Å². The fourth-order valence-electron chi connectivity index (χ4n) is 3.57. The van der Waals surface area contributed by atoms with Gasteiger partial charge < -0.3 is 15.0 Å². The lowest BCUT2D eigenvalue weighted by Gasteiger charge is -2.34. The number of rotatable bonds is 4. The van der Waals surface area contributed by atoms with Gasteiger partial charge in [-0.3, -0.25) is 4.79 Å². The minimum absolute atomic E-state index is 0.00415. The molecule has 2 aliphatic heterocycles. The van der Waals surface area contributed by atoms with Crippen LogP contribution in [0.1, 0.15) is 23.4 Å². The standard InChI is InChI=1S/C18H22N4O2S/c1-12-4-5-17(21-20-12)22-7-6-13-9-15(24-16(13)11-22)18(23)19-10-14-3-2-8-25-14/h2-5,8,13,15-16H,6-7,9-11H2,1H3,(H,19,23)/t13-,15+,16+/m0/s1. The smallest absolute Gasteiger partial charge is 0.249 e. The molecule has 3 atom stereocenters. The Labute approximate surface area is 151 Å². The third-order valence-corrected chi connectivity index (χ3v) is 5.85. The molecular weight excluding hydrogens is 336 g/mol. The Morgan fingerprint density at radius 1 is 1.40 bits per heavy atom. The lowest BCUT2D eigenvalue weighted by molar-refractivity contribution is -0.132. The van der Waals surface area contributed by atoms with Gasteiger partial charge in [0.05, 0.1) is 18.3 Å². The number of carbonyl (C=O) groups excluding carboxylic acids is 1. The summed E-state index contributed by atoms with van der Waals surface area (Å²) < 4.78 is 6.07. The van der Waals surface area contributed by atoms with Gasteiger partial charge in [-0.05, 0) is 49.3 Å². The Balaban J connectivity index is 1.33. The number of fused-ring (bicyclic) bond motifs is 1. The summed E-state index contributed by atoms with van der Waals surface area (Å²) in [5.74, 6) is 1.34. The van der Waals surface area contributed by atoms with E-state index in [0.717, 1.165) is 42.3 Å². The van der Waals surface area contributed by atoms with Crippen LogP contribution in [0.5, 0.6) is 0 Å². The van der Waals surface area contributed by atoms with Crippen LogP contribution in [0.4, 0.5) is 5.82 Å². The van der Waals surface area contributed by atoms with Crippen molar-refractivity contribution in [3.8, 4) is 0 Å². The number of nitrogens with one attached hydrogen (secondary N) is 1. The van der Waals surface area contributed by atoms with Gasteiger partial charge in [-0.25, -0.2) is 0 Å². The highest BCUT2D eigenvalue weighted by atomic mass is 32.1. The number of aryl methyl sites for hydroxylation is 1. The number of aromatic nitrogens is 2. The second-order valence-corrected chi connectivity index (χ2v) is 7.76. The summed E-state index contributed by atoms with van der Waals surface area (Å²) in [6.07, 6.45) is 1.59. The predicted molar refractivity (Wildman–Crippen MR) is 96.5 cm³/mol. The fraction of sp³-hybridized carbons (Fsp3) is 0.500. The van der Waals surface area contributed by atoms with Crippen molar-refractivity contribution in [1.82, 2.24) is 15.5 Å². The molecule has 7 heteroatoms. The highest BCUT2D eigenvalue weighted by molar-refractivity contribution is 7.09. The maximum Gasteiger partial charge on any atom is 0.249 e. The molecule has 0 saturated carbocycles. The first-order valence-electron chi connectivity index (χ1n) is 8.70. The molecule has 1 N–H and O–H groups in total. The van der Waals surface area contributed by atoms with Crippen molar-refractivity contribution in [1.29, 1.82) is 0 Å². The number of hydrogen-bond donors (Lipinski definition) is 1. The van der Waals surface area contributed by atoms with E-state index in [2.05, 4.69) is 20.4 Å². The molecule has 2 aliphatic rings. The molecule has 4 heterocycles. The molecule has 0 radical (unpaired) electrons. The molecule has 1 amide bonds. The topological polar surface area (TPSA) is 67.4 Å². The molecular formula is C18H22N4O2S. The zero-order valence-electron chi connectivity index (χ0n) is 14.2. The molecule has 4 rings (SSSR count). The van der Waals surface area contributed by atoms with Gasteiger partial charge in [-0.2, -0.15) is 5.10 Å². The van der Waals surface area contributed by atoms with Crippen LogP contribution in [0.15, 0.2) is 29.6 Å². The highest BCUT2D eigenvalue weighted by Crippen LogP contribution is 2.34. The van der Waals surface area contributed by atoms with Crippen LogP contribution in [0.2, 0.25) is 0 Å². The molecule has 2 aromatic rings. The average Bonchev–Trinajstić information content (AvgIpc) is 3.29. The predicted octanol–water partition coefficient (Wildman–Crippen LogP) is 2.15. The molecule has 0 bridgehead atoms. The minimum Gasteiger partial charge on any atom is -0.363 e. The lowest BCUT2D eigenvalue weighted by Crippen LogP contribution is -2.43. The van der Waals surface area contributed by atoms with Crippen molar-refractivity contribution in [3.05, 3.63) is 40.2 Å². The average molecular weight is 358 g/mol. The highest BCUT2D eigenvalue weighted by Gasteiger charge is 2.42. The first kappa shape index (κ1) is 16.5. The number of piperidine rings is 1. The molecule has 0 spiro atoms. The second-order valence-electron chi connectivity index (χ2n) is 6.72. The lowest BCUT2D eigenvalue weighted by atomic mass is 9.91. The van der Waals surface area contributed by atoms with Crippen LogP contribution in [0.3, 0.4) is 0 Å².